The third-order valence-corrected chi connectivity index (χ3v) is 4.58. The number of hydrogen-bond donors (Lipinski definition) is 2. The van der Waals surface area contributed by atoms with E-state index in [9.17, 15) is 0 Å². The monoisotopic (exact) mass is 288 g/mol. The molecule has 0 bridgehead atoms. The summed E-state index contributed by atoms with van der Waals surface area (Å²) in [5.41, 5.74) is 5.19. The summed E-state index contributed by atoms with van der Waals surface area (Å²) in [7, 11) is 0. The zero-order chi connectivity index (χ0) is 15.1. The Labute approximate surface area is 130 Å². The summed E-state index contributed by atoms with van der Waals surface area (Å²) in [4.78, 5) is 6.85. The normalized spacial score (nSPS) is 12.0. The first-order valence-corrected chi connectivity index (χ1v) is 7.87. The number of rotatable bonds is 3. The molecule has 0 saturated carbocycles. The Balaban J connectivity index is 1.95. The average molecular weight is 288 g/mol. The molecule has 2 heteroatoms. The SMILES string of the molecule is CC(C)C(c1c[nH]c2ccccc12)c1c[nH]c2ccccc12. The van der Waals surface area contributed by atoms with Crippen molar-refractivity contribution in [3.05, 3.63) is 72.1 Å². The average Bonchev–Trinajstić information content (AvgIpc) is 3.13. The van der Waals surface area contributed by atoms with Crippen LogP contribution in [0.15, 0.2) is 60.9 Å². The molecule has 0 aliphatic heterocycles. The number of hydrogen-bond acceptors (Lipinski definition) is 0. The number of H-pyrrole nitrogens is 2. The zero-order valence-electron chi connectivity index (χ0n) is 12.9. The van der Waals surface area contributed by atoms with Crippen LogP contribution in [0.25, 0.3) is 21.8 Å². The van der Waals surface area contributed by atoms with Gasteiger partial charge >= 0.3 is 0 Å². The Morgan fingerprint density at radius 3 is 1.59 bits per heavy atom. The molecule has 2 aromatic carbocycles. The lowest BCUT2D eigenvalue weighted by molar-refractivity contribution is 0.570. The van der Waals surface area contributed by atoms with Gasteiger partial charge < -0.3 is 9.97 Å². The van der Waals surface area contributed by atoms with Gasteiger partial charge in [-0.1, -0.05) is 50.2 Å². The fourth-order valence-electron chi connectivity index (χ4n) is 3.59. The van der Waals surface area contributed by atoms with E-state index in [4.69, 9.17) is 0 Å². The van der Waals surface area contributed by atoms with Gasteiger partial charge in [0.05, 0.1) is 0 Å². The second-order valence-electron chi connectivity index (χ2n) is 6.30. The van der Waals surface area contributed by atoms with Gasteiger partial charge in [0, 0.05) is 40.1 Å². The first kappa shape index (κ1) is 13.2. The van der Waals surface area contributed by atoms with Crippen LogP contribution in [-0.4, -0.2) is 9.97 Å². The lowest BCUT2D eigenvalue weighted by atomic mass is 9.82. The number of fused-ring (bicyclic) bond motifs is 2. The van der Waals surface area contributed by atoms with Crippen molar-refractivity contribution in [3.63, 3.8) is 0 Å². The molecule has 0 aliphatic carbocycles. The number of nitrogens with one attached hydrogen (secondary N) is 2. The van der Waals surface area contributed by atoms with Crippen LogP contribution in [0.3, 0.4) is 0 Å². The van der Waals surface area contributed by atoms with Crippen molar-refractivity contribution >= 4 is 21.8 Å². The van der Waals surface area contributed by atoms with Gasteiger partial charge in [0.2, 0.25) is 0 Å². The molecule has 0 amide bonds. The van der Waals surface area contributed by atoms with Crippen LogP contribution >= 0.6 is 0 Å². The first-order chi connectivity index (χ1) is 10.8. The highest BCUT2D eigenvalue weighted by Crippen LogP contribution is 2.39. The Morgan fingerprint density at radius 2 is 1.14 bits per heavy atom. The molecule has 4 aromatic rings. The summed E-state index contributed by atoms with van der Waals surface area (Å²) in [6.45, 7) is 4.60. The summed E-state index contributed by atoms with van der Waals surface area (Å²) in [5, 5.41) is 2.65. The van der Waals surface area contributed by atoms with Crippen molar-refractivity contribution < 1.29 is 0 Å². The van der Waals surface area contributed by atoms with Crippen LogP contribution in [0, 0.1) is 5.92 Å². The minimum atomic E-state index is 0.382. The van der Waals surface area contributed by atoms with Crippen LogP contribution in [0.4, 0.5) is 0 Å². The van der Waals surface area contributed by atoms with Crippen molar-refractivity contribution in [2.75, 3.05) is 0 Å². The summed E-state index contributed by atoms with van der Waals surface area (Å²) in [6, 6.07) is 17.1. The highest BCUT2D eigenvalue weighted by molar-refractivity contribution is 5.88. The molecule has 0 unspecified atom stereocenters. The van der Waals surface area contributed by atoms with Gasteiger partial charge in [0.1, 0.15) is 0 Å². The quantitative estimate of drug-likeness (QED) is 0.503. The fraction of sp³-hybridized carbons (Fsp3) is 0.200. The minimum Gasteiger partial charge on any atom is -0.361 e. The van der Waals surface area contributed by atoms with E-state index in [0.717, 1.165) is 0 Å². The second-order valence-corrected chi connectivity index (χ2v) is 6.30. The standard InChI is InChI=1S/C20H20N2/c1-13(2)20(16-11-21-18-9-5-3-7-14(16)18)17-12-22-19-10-6-4-8-15(17)19/h3-13,20-22H,1-2H3. The van der Waals surface area contributed by atoms with E-state index in [2.05, 4.69) is 84.7 Å². The van der Waals surface area contributed by atoms with Crippen LogP contribution in [0.1, 0.15) is 30.9 Å². The molecule has 2 aromatic heterocycles. The Morgan fingerprint density at radius 1 is 0.682 bits per heavy atom. The van der Waals surface area contributed by atoms with E-state index in [0.29, 0.717) is 11.8 Å². The smallest absolute Gasteiger partial charge is 0.0457 e. The van der Waals surface area contributed by atoms with Crippen LogP contribution in [0.2, 0.25) is 0 Å². The summed E-state index contributed by atoms with van der Waals surface area (Å²) in [5.74, 6) is 0.908. The molecule has 0 fully saturated rings. The maximum Gasteiger partial charge on any atom is 0.0457 e. The number of benzene rings is 2. The predicted molar refractivity (Wildman–Crippen MR) is 93.3 cm³/mol. The highest BCUT2D eigenvalue weighted by atomic mass is 14.7. The highest BCUT2D eigenvalue weighted by Gasteiger charge is 2.23. The molecular weight excluding hydrogens is 268 g/mol. The number of aromatic nitrogens is 2. The molecule has 0 spiro atoms. The topological polar surface area (TPSA) is 31.6 Å². The zero-order valence-corrected chi connectivity index (χ0v) is 12.9. The maximum absolute atomic E-state index is 3.42. The fourth-order valence-corrected chi connectivity index (χ4v) is 3.59. The lowest BCUT2D eigenvalue weighted by Gasteiger charge is -2.20. The summed E-state index contributed by atoms with van der Waals surface area (Å²) in [6.07, 6.45) is 4.36. The predicted octanol–water partition coefficient (Wildman–Crippen LogP) is 5.44. The van der Waals surface area contributed by atoms with E-state index in [1.165, 1.54) is 32.9 Å². The molecule has 0 radical (unpaired) electrons. The van der Waals surface area contributed by atoms with Crippen molar-refractivity contribution in [3.8, 4) is 0 Å². The Kier molecular flexibility index (Phi) is 3.04. The maximum atomic E-state index is 3.42. The molecule has 2 nitrogen and oxygen atoms in total. The number of aromatic amines is 2. The Bertz CT molecular complexity index is 853. The first-order valence-electron chi connectivity index (χ1n) is 7.87. The molecule has 2 heterocycles. The summed E-state index contributed by atoms with van der Waals surface area (Å²) >= 11 is 0. The van der Waals surface area contributed by atoms with Gasteiger partial charge in [-0.25, -0.2) is 0 Å². The molecule has 110 valence electrons. The van der Waals surface area contributed by atoms with Crippen LogP contribution in [-0.2, 0) is 0 Å². The largest absolute Gasteiger partial charge is 0.361 e. The van der Waals surface area contributed by atoms with Gasteiger partial charge in [-0.2, -0.15) is 0 Å². The molecule has 0 saturated heterocycles. The van der Waals surface area contributed by atoms with E-state index in [-0.39, 0.29) is 0 Å². The second kappa shape index (κ2) is 5.06. The van der Waals surface area contributed by atoms with E-state index >= 15 is 0 Å². The molecule has 4 rings (SSSR count). The molecule has 0 aliphatic rings. The molecular formula is C20H20N2. The van der Waals surface area contributed by atoms with Gasteiger partial charge in [-0.05, 0) is 29.2 Å². The van der Waals surface area contributed by atoms with Gasteiger partial charge in [-0.3, -0.25) is 0 Å². The van der Waals surface area contributed by atoms with Crippen molar-refractivity contribution in [1.82, 2.24) is 9.97 Å². The molecule has 2 N–H and O–H groups in total. The third kappa shape index (κ3) is 1.95. The minimum absolute atomic E-state index is 0.382. The van der Waals surface area contributed by atoms with Crippen LogP contribution < -0.4 is 0 Å². The third-order valence-electron chi connectivity index (χ3n) is 4.58. The van der Waals surface area contributed by atoms with Crippen LogP contribution in [0.5, 0.6) is 0 Å². The van der Waals surface area contributed by atoms with E-state index in [1.807, 2.05) is 0 Å². The summed E-state index contributed by atoms with van der Waals surface area (Å²) < 4.78 is 0. The molecule has 22 heavy (non-hydrogen) atoms. The number of para-hydroxylation sites is 2. The van der Waals surface area contributed by atoms with Crippen molar-refractivity contribution in [2.45, 2.75) is 19.8 Å². The van der Waals surface area contributed by atoms with Gasteiger partial charge in [0.15, 0.2) is 0 Å². The van der Waals surface area contributed by atoms with E-state index in [1.54, 1.807) is 0 Å². The Hall–Kier alpha value is -2.48. The van der Waals surface area contributed by atoms with Gasteiger partial charge in [0.25, 0.3) is 0 Å². The van der Waals surface area contributed by atoms with Crippen molar-refractivity contribution in [1.29, 1.82) is 0 Å². The van der Waals surface area contributed by atoms with Gasteiger partial charge in [-0.15, -0.1) is 0 Å². The molecule has 0 atom stereocenters. The lowest BCUT2D eigenvalue weighted by Crippen LogP contribution is -2.07. The van der Waals surface area contributed by atoms with E-state index < -0.39 is 0 Å². The van der Waals surface area contributed by atoms with Crippen molar-refractivity contribution in [2.24, 2.45) is 5.92 Å².